The number of guanidine groups is 2. The lowest BCUT2D eigenvalue weighted by Crippen LogP contribution is -2.67. The van der Waals surface area contributed by atoms with Crippen LogP contribution in [0.15, 0.2) is 129 Å². The minimum absolute atomic E-state index is 0.0117. The number of aliphatic hydroxyl groups excluding tert-OH is 1. The zero-order chi connectivity index (χ0) is 71.0. The number of aliphatic imine (C=N–C) groups is 2. The highest BCUT2D eigenvalue weighted by atomic mass is 32.2. The lowest BCUT2D eigenvalue weighted by Gasteiger charge is -2.44. The van der Waals surface area contributed by atoms with Gasteiger partial charge in [-0.15, -0.1) is 11.8 Å². The van der Waals surface area contributed by atoms with E-state index in [1.807, 2.05) is 18.7 Å². The first kappa shape index (κ1) is 76.1. The quantitative estimate of drug-likeness (QED) is 0.0228. The SMILES string of the molecule is CO[C@H]1C=CC=C(C)C(=O)NC2=CC(=O)C(NCCCNC(=O)CCCN3C(=O)CC(SC[C@H]4CCN5CC[C@H](CSC[C@H]6CCN7CC[C@H](CO[Si](c8ccccc8)(c8ccccc8)C(C)(C)C)N=C7N6)NC5=N4)C3=O)=C(C[C@@H](C)C[C@H](OC)[C@H](O)[C@@H](C)C=C(C)[C@@H]1OC(N)=O)C2=O. The summed E-state index contributed by atoms with van der Waals surface area (Å²) in [6, 6.07) is 22.3. The Hall–Kier alpha value is -7.07. The molecule has 2 aromatic rings. The molecule has 2 bridgehead atoms. The number of nitrogens with two attached hydrogens (primary N) is 1. The fourth-order valence-corrected chi connectivity index (χ4v) is 21.2. The molecule has 9 rings (SSSR count). The van der Waals surface area contributed by atoms with Gasteiger partial charge in [0.05, 0.1) is 47.5 Å². The number of ketones is 2. The van der Waals surface area contributed by atoms with Crippen molar-refractivity contribution in [1.29, 1.82) is 0 Å². The van der Waals surface area contributed by atoms with Crippen LogP contribution < -0.4 is 42.7 Å². The number of imide groups is 1. The number of ether oxygens (including phenoxy) is 3. The van der Waals surface area contributed by atoms with Crippen LogP contribution in [0.4, 0.5) is 4.79 Å². The number of primary amides is 1. The van der Waals surface area contributed by atoms with Gasteiger partial charge in [-0.2, -0.15) is 11.8 Å². The Morgan fingerprint density at radius 1 is 0.808 bits per heavy atom. The van der Waals surface area contributed by atoms with E-state index in [0.29, 0.717) is 36.8 Å². The van der Waals surface area contributed by atoms with Crippen LogP contribution in [0.2, 0.25) is 5.04 Å². The van der Waals surface area contributed by atoms with Gasteiger partial charge in [-0.05, 0) is 92.1 Å². The molecular weight excluding hydrogens is 1320 g/mol. The van der Waals surface area contributed by atoms with Gasteiger partial charge in [0, 0.05) is 125 Å². The Balaban J connectivity index is 0.696. The summed E-state index contributed by atoms with van der Waals surface area (Å²) in [4.78, 5) is 110. The molecule has 538 valence electrons. The van der Waals surface area contributed by atoms with Crippen molar-refractivity contribution in [3.8, 4) is 0 Å². The number of amides is 5. The van der Waals surface area contributed by atoms with Gasteiger partial charge in [-0.3, -0.25) is 33.7 Å². The van der Waals surface area contributed by atoms with Crippen LogP contribution in [0.5, 0.6) is 0 Å². The summed E-state index contributed by atoms with van der Waals surface area (Å²) in [7, 11) is 0.216. The smallest absolute Gasteiger partial charge is 0.405 e. The number of hydrogen-bond acceptors (Lipinski definition) is 21. The second-order valence-corrected chi connectivity index (χ2v) is 34.7. The molecule has 11 atom stereocenters. The third-order valence-corrected chi connectivity index (χ3v) is 27.3. The van der Waals surface area contributed by atoms with E-state index in [1.54, 1.807) is 26.0 Å². The zero-order valence-corrected chi connectivity index (χ0v) is 61.6. The molecule has 1 aliphatic carbocycles. The van der Waals surface area contributed by atoms with Crippen LogP contribution in [-0.4, -0.2) is 219 Å². The first-order chi connectivity index (χ1) is 47.5. The van der Waals surface area contributed by atoms with Gasteiger partial charge in [0.2, 0.25) is 29.3 Å². The van der Waals surface area contributed by atoms with Crippen molar-refractivity contribution in [2.24, 2.45) is 27.6 Å². The molecule has 23 nitrogen and oxygen atoms in total. The highest BCUT2D eigenvalue weighted by Gasteiger charge is 2.51. The molecule has 6 aliphatic heterocycles. The average molecular weight is 1420 g/mol. The van der Waals surface area contributed by atoms with Crippen molar-refractivity contribution in [1.82, 2.24) is 41.3 Å². The number of allylic oxidation sites excluding steroid dienone is 4. The number of likely N-dealkylation sites (tertiary alicyclic amines) is 1. The molecule has 0 radical (unpaired) electrons. The van der Waals surface area contributed by atoms with Gasteiger partial charge in [0.25, 0.3) is 14.2 Å². The number of benzene rings is 2. The van der Waals surface area contributed by atoms with Crippen LogP contribution in [0, 0.1) is 11.8 Å². The molecule has 5 amide bonds. The molecule has 1 unspecified atom stereocenters. The highest BCUT2D eigenvalue weighted by Crippen LogP contribution is 2.38. The third-order valence-electron chi connectivity index (χ3n) is 19.6. The Morgan fingerprint density at radius 2 is 1.43 bits per heavy atom. The molecule has 0 aromatic heterocycles. The van der Waals surface area contributed by atoms with Crippen LogP contribution in [0.3, 0.4) is 0 Å². The maximum absolute atomic E-state index is 14.2. The second-order valence-electron chi connectivity index (χ2n) is 28.1. The number of methoxy groups -OCH3 is 2. The summed E-state index contributed by atoms with van der Waals surface area (Å²) in [6.45, 7) is 18.8. The Morgan fingerprint density at radius 3 is 2.05 bits per heavy atom. The number of aliphatic hydroxyl groups is 1. The minimum Gasteiger partial charge on any atom is -0.439 e. The fourth-order valence-electron chi connectivity index (χ4n) is 14.2. The van der Waals surface area contributed by atoms with E-state index in [2.05, 4.69) is 118 Å². The van der Waals surface area contributed by atoms with Crippen LogP contribution >= 0.6 is 23.5 Å². The summed E-state index contributed by atoms with van der Waals surface area (Å²) < 4.78 is 24.2. The number of hydrogen-bond donors (Lipinski definition) is 7. The Bertz CT molecular complexity index is 3390. The van der Waals surface area contributed by atoms with Crippen LogP contribution in [0.25, 0.3) is 0 Å². The first-order valence-electron chi connectivity index (χ1n) is 35.0. The van der Waals surface area contributed by atoms with E-state index >= 15 is 0 Å². The van der Waals surface area contributed by atoms with E-state index < -0.39 is 67.5 Å². The van der Waals surface area contributed by atoms with Crippen molar-refractivity contribution in [3.63, 3.8) is 0 Å². The van der Waals surface area contributed by atoms with Crippen LogP contribution in [0.1, 0.15) is 113 Å². The van der Waals surface area contributed by atoms with Crippen molar-refractivity contribution < 1.29 is 57.3 Å². The van der Waals surface area contributed by atoms with Gasteiger partial charge in [0.1, 0.15) is 6.10 Å². The van der Waals surface area contributed by atoms with E-state index in [9.17, 15) is 38.7 Å². The lowest BCUT2D eigenvalue weighted by atomic mass is 9.85. The van der Waals surface area contributed by atoms with Crippen molar-refractivity contribution in [2.45, 2.75) is 172 Å². The Kier molecular flexibility index (Phi) is 27.3. The largest absolute Gasteiger partial charge is 0.439 e. The number of thioether (sulfide) groups is 2. The molecule has 2 aromatic carbocycles. The maximum Gasteiger partial charge on any atom is 0.405 e. The third kappa shape index (κ3) is 19.7. The minimum atomic E-state index is -2.68. The summed E-state index contributed by atoms with van der Waals surface area (Å²) in [5, 5.41) is 29.7. The number of rotatable bonds is 24. The molecule has 8 N–H and O–H groups in total. The molecule has 26 heteroatoms. The summed E-state index contributed by atoms with van der Waals surface area (Å²) in [6.07, 6.45) is 8.00. The van der Waals surface area contributed by atoms with Gasteiger partial charge < -0.3 is 65.9 Å². The number of Topliss-reactive ketones (excluding diaryl/α,β-unsaturated/α-hetero) is 1. The van der Waals surface area contributed by atoms with Crippen LogP contribution in [-0.2, 0) is 47.4 Å². The van der Waals surface area contributed by atoms with Gasteiger partial charge >= 0.3 is 6.09 Å². The topological polar surface area (TPSA) is 297 Å². The van der Waals surface area contributed by atoms with Crippen molar-refractivity contribution >= 4 is 95.4 Å². The van der Waals surface area contributed by atoms with Gasteiger partial charge in [-0.25, -0.2) is 14.8 Å². The number of nitrogens with zero attached hydrogens (tertiary/aromatic N) is 5. The van der Waals surface area contributed by atoms with E-state index in [4.69, 9.17) is 34.4 Å². The van der Waals surface area contributed by atoms with Crippen molar-refractivity contribution in [3.05, 3.63) is 119 Å². The molecule has 0 saturated carbocycles. The predicted molar refractivity (Wildman–Crippen MR) is 391 cm³/mol. The highest BCUT2D eigenvalue weighted by molar-refractivity contribution is 8.00. The monoisotopic (exact) mass is 1420 g/mol. The summed E-state index contributed by atoms with van der Waals surface area (Å²) in [5.74, 6) is 1.21. The van der Waals surface area contributed by atoms with E-state index in [-0.39, 0.29) is 115 Å². The van der Waals surface area contributed by atoms with Crippen molar-refractivity contribution in [2.75, 3.05) is 83.9 Å². The molecule has 99 heavy (non-hydrogen) atoms. The molecular formula is C73H103N11O12S2Si. The normalized spacial score (nSPS) is 26.8. The number of fused-ring (bicyclic) bond motifs is 4. The maximum atomic E-state index is 14.2. The first-order valence-corrected chi connectivity index (χ1v) is 39.1. The molecule has 3 saturated heterocycles. The number of carbonyl (C=O) groups excluding carboxylic acids is 7. The predicted octanol–water partition coefficient (Wildman–Crippen LogP) is 5.39. The lowest BCUT2D eigenvalue weighted by molar-refractivity contribution is -0.138. The van der Waals surface area contributed by atoms with Gasteiger partial charge in [-0.1, -0.05) is 120 Å². The second kappa shape index (κ2) is 35.5. The molecule has 7 aliphatic rings. The van der Waals surface area contributed by atoms with E-state index in [0.717, 1.165) is 81.4 Å². The molecule has 0 spiro atoms. The molecule has 6 heterocycles. The number of carbonyl (C=O) groups is 7. The Labute approximate surface area is 593 Å². The standard InChI is InChI=1S/C73H103N11O12S2Si/c1-46-37-56-64(58(85)40-57(66(56)89)81-68(90)47(2)19-16-24-59(93-8)67(96-70(74)92)49(4)39-48(3)65(88)60(38-46)94-9)76-31-18-30-75-62(86)25-17-32-84-63(87)41-61(69(84)91)98-45-53-29-36-83-35-28-52(79-72(83)80-53)44-97-43-51-27-34-82-33-26-50(77-71(82)78-51)42-95-99(73(5,6)7,54-20-12-10-13-21-54)55-22-14-11-15-23-55/h10-16,19-24,39-40,46,48,50-53,59-61,65,67,76,88H,17-18,25-38,41-45H2,1-9H3,(H2,74,92)(H,75,86)(H,77,78)(H,79,80)(H,81,90)/t46-,48+,50-,51-,52-,53-,59+,60+,61?,65-,67+/m1/s1. The zero-order valence-electron chi connectivity index (χ0n) is 58.9. The van der Waals surface area contributed by atoms with Gasteiger partial charge in [0.15, 0.2) is 18.0 Å². The van der Waals surface area contributed by atoms with E-state index in [1.165, 1.54) is 60.3 Å². The average Bonchev–Trinajstić information content (AvgIpc) is 1.21. The molecule has 3 fully saturated rings. The summed E-state index contributed by atoms with van der Waals surface area (Å²) >= 11 is 3.46. The summed E-state index contributed by atoms with van der Waals surface area (Å²) in [5.41, 5.74) is 6.21. The fraction of sp³-hybridized carbons (Fsp3) is 0.575. The number of nitrogens with one attached hydrogen (secondary N) is 5.